The summed E-state index contributed by atoms with van der Waals surface area (Å²) in [7, 11) is 0. The van der Waals surface area contributed by atoms with Crippen molar-refractivity contribution in [3.8, 4) is 5.69 Å². The number of nitrogen functional groups attached to an aromatic ring is 1. The predicted octanol–water partition coefficient (Wildman–Crippen LogP) is 1.22. The molecule has 2 aromatic rings. The number of hydrogen-bond acceptors (Lipinski definition) is 4. The third-order valence-corrected chi connectivity index (χ3v) is 2.94. The van der Waals surface area contributed by atoms with Crippen LogP contribution in [0.25, 0.3) is 5.69 Å². The quantitative estimate of drug-likeness (QED) is 0.786. The second kappa shape index (κ2) is 5.94. The van der Waals surface area contributed by atoms with Crippen molar-refractivity contribution in [2.75, 3.05) is 5.73 Å². The number of nitrogens with two attached hydrogens (primary N) is 2. The highest BCUT2D eigenvalue weighted by molar-refractivity contribution is 5.85. The molecule has 1 heterocycles. The summed E-state index contributed by atoms with van der Waals surface area (Å²) in [6, 6.07) is 7.38. The summed E-state index contributed by atoms with van der Waals surface area (Å²) in [5.74, 6) is -0.614. The average Bonchev–Trinajstić information content (AvgIpc) is 2.76. The molecule has 0 amide bonds. The number of hydrogen-bond donors (Lipinski definition) is 3. The van der Waals surface area contributed by atoms with Gasteiger partial charge in [-0.25, -0.2) is 4.98 Å². The molecular formula is C13H17ClN4O2. The number of halogens is 1. The number of aliphatic carboxylic acids is 1. The van der Waals surface area contributed by atoms with Gasteiger partial charge in [-0.1, -0.05) is 12.1 Å². The van der Waals surface area contributed by atoms with Crippen LogP contribution in [0.1, 0.15) is 12.5 Å². The van der Waals surface area contributed by atoms with Crippen LogP contribution in [0.2, 0.25) is 0 Å². The molecule has 2 rings (SSSR count). The van der Waals surface area contributed by atoms with E-state index in [0.29, 0.717) is 5.95 Å². The minimum absolute atomic E-state index is 0. The first-order valence-corrected chi connectivity index (χ1v) is 5.80. The van der Waals surface area contributed by atoms with Gasteiger partial charge in [-0.15, -0.1) is 12.4 Å². The van der Waals surface area contributed by atoms with Crippen molar-refractivity contribution in [3.63, 3.8) is 0 Å². The van der Waals surface area contributed by atoms with E-state index in [1.807, 2.05) is 24.3 Å². The Bertz CT molecular complexity index is 593. The summed E-state index contributed by atoms with van der Waals surface area (Å²) in [5, 5.41) is 8.99. The highest BCUT2D eigenvalue weighted by Crippen LogP contribution is 2.16. The van der Waals surface area contributed by atoms with Gasteiger partial charge in [0.25, 0.3) is 0 Å². The molecule has 20 heavy (non-hydrogen) atoms. The van der Waals surface area contributed by atoms with Crippen molar-refractivity contribution in [1.82, 2.24) is 9.55 Å². The van der Waals surface area contributed by atoms with Crippen molar-refractivity contribution in [2.45, 2.75) is 18.9 Å². The number of nitrogens with zero attached hydrogens (tertiary/aromatic N) is 2. The van der Waals surface area contributed by atoms with E-state index in [9.17, 15) is 4.79 Å². The van der Waals surface area contributed by atoms with Gasteiger partial charge in [0.2, 0.25) is 5.95 Å². The Hall–Kier alpha value is -2.05. The molecule has 108 valence electrons. The van der Waals surface area contributed by atoms with Gasteiger partial charge in [0.1, 0.15) is 5.54 Å². The zero-order valence-corrected chi connectivity index (χ0v) is 11.8. The summed E-state index contributed by atoms with van der Waals surface area (Å²) in [6.07, 6.45) is 3.64. The SMILES string of the molecule is C[C@@](N)(Cc1ccc(-n2ccnc2N)cc1)C(=O)O.Cl. The van der Waals surface area contributed by atoms with Crippen LogP contribution in [0.4, 0.5) is 5.95 Å². The van der Waals surface area contributed by atoms with E-state index < -0.39 is 11.5 Å². The molecule has 6 nitrogen and oxygen atoms in total. The number of carboxylic acid groups (broad SMARTS) is 1. The van der Waals surface area contributed by atoms with Gasteiger partial charge in [-0.2, -0.15) is 0 Å². The summed E-state index contributed by atoms with van der Waals surface area (Å²) in [6.45, 7) is 1.50. The lowest BCUT2D eigenvalue weighted by Gasteiger charge is -2.19. The molecule has 0 aliphatic heterocycles. The number of carboxylic acids is 1. The molecule has 0 bridgehead atoms. The maximum Gasteiger partial charge on any atom is 0.323 e. The first-order valence-electron chi connectivity index (χ1n) is 5.80. The second-order valence-electron chi connectivity index (χ2n) is 4.72. The normalized spacial score (nSPS) is 13.3. The predicted molar refractivity (Wildman–Crippen MR) is 79.2 cm³/mol. The first kappa shape index (κ1) is 16.0. The number of rotatable bonds is 4. The molecule has 0 saturated carbocycles. The lowest BCUT2D eigenvalue weighted by Crippen LogP contribution is -2.46. The summed E-state index contributed by atoms with van der Waals surface area (Å²) >= 11 is 0. The molecule has 0 aliphatic carbocycles. The number of anilines is 1. The van der Waals surface area contributed by atoms with Crippen molar-refractivity contribution in [1.29, 1.82) is 0 Å². The Labute approximate surface area is 122 Å². The molecule has 5 N–H and O–H groups in total. The molecule has 7 heteroatoms. The molecule has 0 unspecified atom stereocenters. The van der Waals surface area contributed by atoms with Crippen molar-refractivity contribution in [3.05, 3.63) is 42.2 Å². The summed E-state index contributed by atoms with van der Waals surface area (Å²) in [5.41, 5.74) is 11.9. The van der Waals surface area contributed by atoms with Gasteiger partial charge in [0.05, 0.1) is 0 Å². The highest BCUT2D eigenvalue weighted by atomic mass is 35.5. The molecule has 0 saturated heterocycles. The van der Waals surface area contributed by atoms with Crippen molar-refractivity contribution < 1.29 is 9.90 Å². The minimum Gasteiger partial charge on any atom is -0.480 e. The molecular weight excluding hydrogens is 280 g/mol. The van der Waals surface area contributed by atoms with E-state index in [1.54, 1.807) is 17.0 Å². The van der Waals surface area contributed by atoms with Crippen LogP contribution in [0.15, 0.2) is 36.7 Å². The Morgan fingerprint density at radius 3 is 2.45 bits per heavy atom. The van der Waals surface area contributed by atoms with Crippen LogP contribution >= 0.6 is 12.4 Å². The Morgan fingerprint density at radius 2 is 2.00 bits per heavy atom. The highest BCUT2D eigenvalue weighted by Gasteiger charge is 2.27. The van der Waals surface area contributed by atoms with E-state index >= 15 is 0 Å². The number of carbonyl (C=O) groups is 1. The standard InChI is InChI=1S/C13H16N4O2.ClH/c1-13(15,11(18)19)8-9-2-4-10(5-3-9)17-7-6-16-12(17)14;/h2-7H,8,15H2,1H3,(H2,14,16)(H,18,19);1H/t13-;/m1./s1. The van der Waals surface area contributed by atoms with Gasteiger partial charge < -0.3 is 16.6 Å². The van der Waals surface area contributed by atoms with Gasteiger partial charge in [-0.3, -0.25) is 9.36 Å². The first-order chi connectivity index (χ1) is 8.90. The molecule has 0 fully saturated rings. The van der Waals surface area contributed by atoms with E-state index in [1.165, 1.54) is 6.92 Å². The number of benzene rings is 1. The minimum atomic E-state index is -1.27. The smallest absolute Gasteiger partial charge is 0.323 e. The van der Waals surface area contributed by atoms with Crippen molar-refractivity contribution >= 4 is 24.3 Å². The molecule has 1 aromatic carbocycles. The molecule has 1 atom stereocenters. The van der Waals surface area contributed by atoms with Crippen LogP contribution < -0.4 is 11.5 Å². The van der Waals surface area contributed by atoms with E-state index in [0.717, 1.165) is 11.3 Å². The van der Waals surface area contributed by atoms with E-state index in [-0.39, 0.29) is 18.8 Å². The summed E-state index contributed by atoms with van der Waals surface area (Å²) < 4.78 is 1.74. The molecule has 0 aliphatic rings. The van der Waals surface area contributed by atoms with Crippen LogP contribution in [0.3, 0.4) is 0 Å². The third kappa shape index (κ3) is 3.28. The third-order valence-electron chi connectivity index (χ3n) is 2.94. The van der Waals surface area contributed by atoms with Gasteiger partial charge in [0, 0.05) is 24.5 Å². The van der Waals surface area contributed by atoms with Crippen LogP contribution in [0.5, 0.6) is 0 Å². The fourth-order valence-electron chi connectivity index (χ4n) is 1.81. The number of imidazole rings is 1. The monoisotopic (exact) mass is 296 g/mol. The average molecular weight is 297 g/mol. The molecule has 1 aromatic heterocycles. The maximum atomic E-state index is 11.0. The lowest BCUT2D eigenvalue weighted by molar-refractivity contribution is -0.142. The Kier molecular flexibility index (Phi) is 4.75. The van der Waals surface area contributed by atoms with Crippen LogP contribution in [0, 0.1) is 0 Å². The Morgan fingerprint density at radius 1 is 1.40 bits per heavy atom. The fourth-order valence-corrected chi connectivity index (χ4v) is 1.81. The summed E-state index contributed by atoms with van der Waals surface area (Å²) in [4.78, 5) is 14.9. The zero-order valence-electron chi connectivity index (χ0n) is 11.0. The Balaban J connectivity index is 0.00000200. The molecule has 0 radical (unpaired) electrons. The number of aromatic nitrogens is 2. The van der Waals surface area contributed by atoms with Gasteiger partial charge in [-0.05, 0) is 24.6 Å². The van der Waals surface area contributed by atoms with Gasteiger partial charge >= 0.3 is 5.97 Å². The molecule has 0 spiro atoms. The largest absolute Gasteiger partial charge is 0.480 e. The lowest BCUT2D eigenvalue weighted by atomic mass is 9.94. The van der Waals surface area contributed by atoms with Crippen molar-refractivity contribution in [2.24, 2.45) is 5.73 Å². The van der Waals surface area contributed by atoms with Gasteiger partial charge in [0.15, 0.2) is 0 Å². The van der Waals surface area contributed by atoms with Crippen LogP contribution in [-0.2, 0) is 11.2 Å². The maximum absolute atomic E-state index is 11.0. The second-order valence-corrected chi connectivity index (χ2v) is 4.72. The van der Waals surface area contributed by atoms with E-state index in [2.05, 4.69) is 4.98 Å². The zero-order chi connectivity index (χ0) is 14.0. The van der Waals surface area contributed by atoms with E-state index in [4.69, 9.17) is 16.6 Å². The van der Waals surface area contributed by atoms with Crippen LogP contribution in [-0.4, -0.2) is 26.2 Å². The topological polar surface area (TPSA) is 107 Å². The fraction of sp³-hybridized carbons (Fsp3) is 0.231.